The van der Waals surface area contributed by atoms with Gasteiger partial charge in [0.25, 0.3) is 0 Å². The van der Waals surface area contributed by atoms with Crippen molar-refractivity contribution in [1.29, 1.82) is 0 Å². The second-order valence-corrected chi connectivity index (χ2v) is 3.60. The van der Waals surface area contributed by atoms with Crippen molar-refractivity contribution in [3.05, 3.63) is 42.0 Å². The largest absolute Gasteiger partial charge is 0.464 e. The standard InChI is InChI=1S/C11H6ClN3O/c12-11-10(15-14-6-13-11)8-5-16-9-4-2-1-3-7(8)9/h1-6H. The fourth-order valence-electron chi connectivity index (χ4n) is 1.59. The van der Waals surface area contributed by atoms with E-state index in [0.717, 1.165) is 16.5 Å². The third-order valence-corrected chi connectivity index (χ3v) is 2.59. The molecule has 0 saturated heterocycles. The lowest BCUT2D eigenvalue weighted by molar-refractivity contribution is 0.616. The Hall–Kier alpha value is -1.94. The van der Waals surface area contributed by atoms with Gasteiger partial charge >= 0.3 is 0 Å². The van der Waals surface area contributed by atoms with Crippen LogP contribution in [0, 0.1) is 0 Å². The molecule has 1 aromatic carbocycles. The number of hydrogen-bond donors (Lipinski definition) is 0. The summed E-state index contributed by atoms with van der Waals surface area (Å²) in [5, 5.41) is 8.96. The summed E-state index contributed by atoms with van der Waals surface area (Å²) in [4.78, 5) is 3.89. The molecule has 0 N–H and O–H groups in total. The summed E-state index contributed by atoms with van der Waals surface area (Å²) in [6, 6.07) is 7.67. The highest BCUT2D eigenvalue weighted by Gasteiger charge is 2.12. The number of para-hydroxylation sites is 1. The van der Waals surface area contributed by atoms with Crippen LogP contribution < -0.4 is 0 Å². The first-order valence-corrected chi connectivity index (χ1v) is 5.04. The molecule has 0 unspecified atom stereocenters. The van der Waals surface area contributed by atoms with Gasteiger partial charge < -0.3 is 4.42 Å². The number of furan rings is 1. The number of nitrogens with zero attached hydrogens (tertiary/aromatic N) is 3. The van der Waals surface area contributed by atoms with Gasteiger partial charge in [0.1, 0.15) is 23.9 Å². The predicted molar refractivity (Wildman–Crippen MR) is 60.0 cm³/mol. The van der Waals surface area contributed by atoms with Crippen molar-refractivity contribution in [2.24, 2.45) is 0 Å². The molecule has 78 valence electrons. The number of halogens is 1. The Morgan fingerprint density at radius 2 is 2.06 bits per heavy atom. The van der Waals surface area contributed by atoms with Crippen LogP contribution >= 0.6 is 11.6 Å². The molecule has 0 bridgehead atoms. The number of rotatable bonds is 1. The van der Waals surface area contributed by atoms with Crippen LogP contribution in [0.2, 0.25) is 5.15 Å². The molecule has 2 heterocycles. The highest BCUT2D eigenvalue weighted by atomic mass is 35.5. The third-order valence-electron chi connectivity index (χ3n) is 2.31. The van der Waals surface area contributed by atoms with Gasteiger partial charge in [-0.15, -0.1) is 10.2 Å². The Labute approximate surface area is 95.9 Å². The minimum atomic E-state index is 0.321. The highest BCUT2D eigenvalue weighted by Crippen LogP contribution is 2.31. The van der Waals surface area contributed by atoms with Crippen LogP contribution in [0.1, 0.15) is 0 Å². The summed E-state index contributed by atoms with van der Waals surface area (Å²) in [6.45, 7) is 0. The van der Waals surface area contributed by atoms with Crippen molar-refractivity contribution >= 4 is 22.6 Å². The van der Waals surface area contributed by atoms with Gasteiger partial charge in [0.05, 0.1) is 5.56 Å². The van der Waals surface area contributed by atoms with Crippen LogP contribution in [-0.2, 0) is 0 Å². The van der Waals surface area contributed by atoms with Gasteiger partial charge in [-0.3, -0.25) is 0 Å². The summed E-state index contributed by atoms with van der Waals surface area (Å²) < 4.78 is 5.40. The molecule has 16 heavy (non-hydrogen) atoms. The molecular weight excluding hydrogens is 226 g/mol. The molecule has 0 aliphatic heterocycles. The van der Waals surface area contributed by atoms with Crippen molar-refractivity contribution in [3.63, 3.8) is 0 Å². The van der Waals surface area contributed by atoms with Gasteiger partial charge in [-0.25, -0.2) is 4.98 Å². The van der Waals surface area contributed by atoms with Crippen molar-refractivity contribution in [1.82, 2.24) is 15.2 Å². The maximum atomic E-state index is 5.96. The normalized spacial score (nSPS) is 10.8. The quantitative estimate of drug-likeness (QED) is 0.646. The summed E-state index contributed by atoms with van der Waals surface area (Å²) in [7, 11) is 0. The summed E-state index contributed by atoms with van der Waals surface area (Å²) >= 11 is 5.96. The molecule has 0 radical (unpaired) electrons. The van der Waals surface area contributed by atoms with Gasteiger partial charge in [-0.05, 0) is 6.07 Å². The van der Waals surface area contributed by atoms with Crippen LogP contribution in [0.4, 0.5) is 0 Å². The summed E-state index contributed by atoms with van der Waals surface area (Å²) in [5.74, 6) is 0. The van der Waals surface area contributed by atoms with Crippen molar-refractivity contribution in [3.8, 4) is 11.3 Å². The SMILES string of the molecule is Clc1ncnnc1-c1coc2ccccc12. The second-order valence-electron chi connectivity index (χ2n) is 3.24. The van der Waals surface area contributed by atoms with Gasteiger partial charge in [-0.2, -0.15) is 0 Å². The number of aromatic nitrogens is 3. The maximum Gasteiger partial charge on any atom is 0.159 e. The zero-order valence-corrected chi connectivity index (χ0v) is 8.85. The molecule has 4 nitrogen and oxygen atoms in total. The maximum absolute atomic E-state index is 5.96. The van der Waals surface area contributed by atoms with Crippen LogP contribution in [0.3, 0.4) is 0 Å². The van der Waals surface area contributed by atoms with E-state index in [0.29, 0.717) is 10.8 Å². The first-order chi connectivity index (χ1) is 7.86. The van der Waals surface area contributed by atoms with Gasteiger partial charge in [0.15, 0.2) is 5.15 Å². The first-order valence-electron chi connectivity index (χ1n) is 4.66. The van der Waals surface area contributed by atoms with E-state index in [1.54, 1.807) is 6.26 Å². The van der Waals surface area contributed by atoms with Crippen LogP contribution in [0.5, 0.6) is 0 Å². The summed E-state index contributed by atoms with van der Waals surface area (Å²) in [5.41, 5.74) is 2.13. The minimum absolute atomic E-state index is 0.321. The Kier molecular flexibility index (Phi) is 2.08. The average Bonchev–Trinajstić information content (AvgIpc) is 2.74. The average molecular weight is 232 g/mol. The lowest BCUT2D eigenvalue weighted by Crippen LogP contribution is -1.89. The predicted octanol–water partition coefficient (Wildman–Crippen LogP) is 2.94. The van der Waals surface area contributed by atoms with E-state index in [2.05, 4.69) is 15.2 Å². The van der Waals surface area contributed by atoms with Crippen molar-refractivity contribution < 1.29 is 4.42 Å². The van der Waals surface area contributed by atoms with E-state index in [-0.39, 0.29) is 0 Å². The van der Waals surface area contributed by atoms with E-state index in [1.165, 1.54) is 6.33 Å². The van der Waals surface area contributed by atoms with Gasteiger partial charge in [-0.1, -0.05) is 29.8 Å². The minimum Gasteiger partial charge on any atom is -0.464 e. The molecule has 0 aliphatic carbocycles. The van der Waals surface area contributed by atoms with E-state index >= 15 is 0 Å². The topological polar surface area (TPSA) is 51.8 Å². The monoisotopic (exact) mass is 231 g/mol. The number of benzene rings is 1. The van der Waals surface area contributed by atoms with Crippen LogP contribution in [0.15, 0.2) is 41.3 Å². The van der Waals surface area contributed by atoms with E-state index in [1.807, 2.05) is 24.3 Å². The molecule has 0 fully saturated rings. The lowest BCUT2D eigenvalue weighted by Gasteiger charge is -1.97. The molecule has 0 atom stereocenters. The Morgan fingerprint density at radius 1 is 1.19 bits per heavy atom. The Balaban J connectivity index is 2.31. The molecule has 0 spiro atoms. The van der Waals surface area contributed by atoms with E-state index < -0.39 is 0 Å². The molecule has 2 aromatic heterocycles. The molecule has 3 rings (SSSR count). The van der Waals surface area contributed by atoms with Crippen molar-refractivity contribution in [2.75, 3.05) is 0 Å². The molecule has 3 aromatic rings. The molecular formula is C11H6ClN3O. The zero-order chi connectivity index (χ0) is 11.0. The molecule has 0 saturated carbocycles. The Morgan fingerprint density at radius 3 is 2.94 bits per heavy atom. The second kappa shape index (κ2) is 3.57. The van der Waals surface area contributed by atoms with E-state index in [4.69, 9.17) is 16.0 Å². The fraction of sp³-hybridized carbons (Fsp3) is 0. The van der Waals surface area contributed by atoms with Crippen LogP contribution in [0.25, 0.3) is 22.2 Å². The number of hydrogen-bond acceptors (Lipinski definition) is 4. The fourth-order valence-corrected chi connectivity index (χ4v) is 1.77. The zero-order valence-electron chi connectivity index (χ0n) is 8.09. The van der Waals surface area contributed by atoms with Crippen LogP contribution in [-0.4, -0.2) is 15.2 Å². The van der Waals surface area contributed by atoms with E-state index in [9.17, 15) is 0 Å². The first kappa shape index (κ1) is 9.30. The van der Waals surface area contributed by atoms with Gasteiger partial charge in [0, 0.05) is 5.39 Å². The molecule has 0 aliphatic rings. The highest BCUT2D eigenvalue weighted by molar-refractivity contribution is 6.32. The smallest absolute Gasteiger partial charge is 0.159 e. The number of fused-ring (bicyclic) bond motifs is 1. The van der Waals surface area contributed by atoms with Crippen molar-refractivity contribution in [2.45, 2.75) is 0 Å². The molecule has 5 heteroatoms. The lowest BCUT2D eigenvalue weighted by atomic mass is 10.1. The van der Waals surface area contributed by atoms with Gasteiger partial charge in [0.2, 0.25) is 0 Å². The molecule has 0 amide bonds. The summed E-state index contributed by atoms with van der Waals surface area (Å²) in [6.07, 6.45) is 2.93. The Bertz CT molecular complexity index is 650. The third kappa shape index (κ3) is 1.35.